The van der Waals surface area contributed by atoms with Crippen molar-refractivity contribution in [2.24, 2.45) is 10.8 Å². The van der Waals surface area contributed by atoms with Crippen molar-refractivity contribution in [3.63, 3.8) is 0 Å². The molecule has 0 spiro atoms. The highest BCUT2D eigenvalue weighted by Gasteiger charge is 2.38. The Bertz CT molecular complexity index is 764. The molecule has 0 bridgehead atoms. The predicted octanol–water partition coefficient (Wildman–Crippen LogP) is 6.13. The third-order valence-corrected chi connectivity index (χ3v) is 6.83. The fourth-order valence-corrected chi connectivity index (χ4v) is 4.71. The molecular formula is C18H23BrClNO2S. The van der Waals surface area contributed by atoms with Crippen LogP contribution < -0.4 is 0 Å². The maximum Gasteiger partial charge on any atom is 0.313 e. The molecule has 0 aliphatic carbocycles. The van der Waals surface area contributed by atoms with Crippen LogP contribution in [0.2, 0.25) is 0 Å². The minimum absolute atomic E-state index is 0.157. The first-order valence-corrected chi connectivity index (χ1v) is 9.81. The number of carbonyl (C=O) groups is 1. The van der Waals surface area contributed by atoms with Gasteiger partial charge in [-0.2, -0.15) is 0 Å². The first-order chi connectivity index (χ1) is 11.0. The highest BCUT2D eigenvalue weighted by Crippen LogP contribution is 2.45. The molecule has 0 aliphatic rings. The lowest BCUT2D eigenvalue weighted by Crippen LogP contribution is -2.29. The van der Waals surface area contributed by atoms with Gasteiger partial charge in [-0.25, -0.2) is 0 Å². The summed E-state index contributed by atoms with van der Waals surface area (Å²) in [5, 5.41) is 0.635. The van der Waals surface area contributed by atoms with E-state index in [0.717, 1.165) is 31.6 Å². The first-order valence-electron chi connectivity index (χ1n) is 7.76. The quantitative estimate of drug-likeness (QED) is 0.431. The van der Waals surface area contributed by atoms with Gasteiger partial charge in [0.05, 0.1) is 28.3 Å². The Morgan fingerprint density at radius 2 is 2.00 bits per heavy atom. The van der Waals surface area contributed by atoms with E-state index < -0.39 is 10.8 Å². The van der Waals surface area contributed by atoms with Crippen molar-refractivity contribution in [2.45, 2.75) is 46.4 Å². The number of methoxy groups -OCH3 is 1. The highest BCUT2D eigenvalue weighted by molar-refractivity contribution is 9.10. The molecule has 0 amide bonds. The third kappa shape index (κ3) is 3.94. The summed E-state index contributed by atoms with van der Waals surface area (Å²) >= 11 is 11.9. The van der Waals surface area contributed by atoms with Crippen molar-refractivity contribution in [1.29, 1.82) is 0 Å². The largest absolute Gasteiger partial charge is 0.469 e. The average Bonchev–Trinajstić information content (AvgIpc) is 2.92. The number of rotatable bonds is 4. The SMILES string of the molecule is COC(=O)C(C)(C)C(Cl)c1cc2c(Br)c(CC(C)(C)C)ncc2s1. The normalized spacial score (nSPS) is 14.0. The van der Waals surface area contributed by atoms with Gasteiger partial charge >= 0.3 is 5.97 Å². The molecule has 24 heavy (non-hydrogen) atoms. The minimum Gasteiger partial charge on any atom is -0.469 e. The lowest BCUT2D eigenvalue weighted by molar-refractivity contribution is -0.150. The van der Waals surface area contributed by atoms with Crippen LogP contribution in [0.1, 0.15) is 50.6 Å². The number of hydrogen-bond acceptors (Lipinski definition) is 4. The van der Waals surface area contributed by atoms with E-state index in [0.29, 0.717) is 0 Å². The van der Waals surface area contributed by atoms with E-state index in [9.17, 15) is 4.79 Å². The Kier molecular flexibility index (Phi) is 5.68. The Morgan fingerprint density at radius 1 is 1.38 bits per heavy atom. The summed E-state index contributed by atoms with van der Waals surface area (Å²) in [6.07, 6.45) is 2.77. The minimum atomic E-state index is -0.800. The Morgan fingerprint density at radius 3 is 2.54 bits per heavy atom. The summed E-state index contributed by atoms with van der Waals surface area (Å²) in [6, 6.07) is 2.06. The number of alkyl halides is 1. The van der Waals surface area contributed by atoms with Gasteiger partial charge in [0.2, 0.25) is 0 Å². The summed E-state index contributed by atoms with van der Waals surface area (Å²) in [4.78, 5) is 17.6. The van der Waals surface area contributed by atoms with Crippen LogP contribution in [-0.4, -0.2) is 18.1 Å². The molecule has 0 aromatic carbocycles. The van der Waals surface area contributed by atoms with E-state index in [4.69, 9.17) is 16.3 Å². The van der Waals surface area contributed by atoms with Crippen molar-refractivity contribution in [3.05, 3.63) is 27.3 Å². The molecule has 132 valence electrons. The number of hydrogen-bond donors (Lipinski definition) is 0. The number of nitrogens with zero attached hydrogens (tertiary/aromatic N) is 1. The molecule has 0 saturated heterocycles. The van der Waals surface area contributed by atoms with Crippen molar-refractivity contribution in [2.75, 3.05) is 7.11 Å². The number of halogens is 2. The average molecular weight is 433 g/mol. The smallest absolute Gasteiger partial charge is 0.313 e. The van der Waals surface area contributed by atoms with Crippen molar-refractivity contribution >= 4 is 54.9 Å². The van der Waals surface area contributed by atoms with Gasteiger partial charge in [-0.1, -0.05) is 20.8 Å². The van der Waals surface area contributed by atoms with Gasteiger partial charge in [-0.15, -0.1) is 22.9 Å². The zero-order chi connectivity index (χ0) is 18.3. The monoisotopic (exact) mass is 431 g/mol. The van der Waals surface area contributed by atoms with Gasteiger partial charge in [0, 0.05) is 20.9 Å². The number of carbonyl (C=O) groups excluding carboxylic acids is 1. The number of fused-ring (bicyclic) bond motifs is 1. The lowest BCUT2D eigenvalue weighted by atomic mass is 9.88. The van der Waals surface area contributed by atoms with Crippen molar-refractivity contribution < 1.29 is 9.53 Å². The van der Waals surface area contributed by atoms with Crippen LogP contribution in [-0.2, 0) is 16.0 Å². The van der Waals surface area contributed by atoms with Crippen LogP contribution in [0.4, 0.5) is 0 Å². The van der Waals surface area contributed by atoms with E-state index in [2.05, 4.69) is 47.8 Å². The predicted molar refractivity (Wildman–Crippen MR) is 105 cm³/mol. The van der Waals surface area contributed by atoms with Gasteiger partial charge in [-0.05, 0) is 47.7 Å². The van der Waals surface area contributed by atoms with Crippen molar-refractivity contribution in [3.8, 4) is 0 Å². The highest BCUT2D eigenvalue weighted by atomic mass is 79.9. The molecule has 1 atom stereocenters. The second kappa shape index (κ2) is 6.93. The summed E-state index contributed by atoms with van der Waals surface area (Å²) in [5.74, 6) is -0.314. The molecule has 0 saturated carbocycles. The standard InChI is InChI=1S/C18H23BrClNO2S/c1-17(2,3)8-11-14(19)10-7-12(24-13(10)9-21-11)15(20)18(4,5)16(22)23-6/h7,9,15H,8H2,1-6H3. The Balaban J connectivity index is 2.45. The number of ether oxygens (including phenoxy) is 1. The molecule has 0 aliphatic heterocycles. The molecule has 3 nitrogen and oxygen atoms in total. The zero-order valence-corrected chi connectivity index (χ0v) is 18.0. The number of esters is 1. The second-order valence-electron chi connectivity index (χ2n) is 7.76. The molecule has 0 radical (unpaired) electrons. The van der Waals surface area contributed by atoms with Crippen LogP contribution in [0.5, 0.6) is 0 Å². The molecular weight excluding hydrogens is 410 g/mol. The summed E-state index contributed by atoms with van der Waals surface area (Å²) in [7, 11) is 1.39. The lowest BCUT2D eigenvalue weighted by Gasteiger charge is -2.26. The topological polar surface area (TPSA) is 39.2 Å². The molecule has 0 fully saturated rings. The molecule has 2 rings (SSSR count). The van der Waals surface area contributed by atoms with Gasteiger partial charge in [0.15, 0.2) is 0 Å². The van der Waals surface area contributed by atoms with Crippen molar-refractivity contribution in [1.82, 2.24) is 4.98 Å². The maximum absolute atomic E-state index is 12.0. The molecule has 2 heterocycles. The first kappa shape index (κ1) is 19.7. The molecule has 2 aromatic heterocycles. The van der Waals surface area contributed by atoms with Gasteiger partial charge in [0.1, 0.15) is 0 Å². The van der Waals surface area contributed by atoms with E-state index in [1.807, 2.05) is 6.20 Å². The fraction of sp³-hybridized carbons (Fsp3) is 0.556. The summed E-state index contributed by atoms with van der Waals surface area (Å²) in [5.41, 5.74) is 0.396. The third-order valence-electron chi connectivity index (χ3n) is 3.90. The van der Waals surface area contributed by atoms with Gasteiger partial charge in [-0.3, -0.25) is 9.78 Å². The maximum atomic E-state index is 12.0. The fourth-order valence-electron chi connectivity index (χ4n) is 2.51. The Labute approximate surface area is 160 Å². The van der Waals surface area contributed by atoms with Gasteiger partial charge in [0.25, 0.3) is 0 Å². The molecule has 2 aromatic rings. The number of aromatic nitrogens is 1. The van der Waals surface area contributed by atoms with E-state index in [-0.39, 0.29) is 11.4 Å². The second-order valence-corrected chi connectivity index (χ2v) is 10.1. The summed E-state index contributed by atoms with van der Waals surface area (Å²) in [6.45, 7) is 10.2. The van der Waals surface area contributed by atoms with E-state index in [1.165, 1.54) is 7.11 Å². The number of pyridine rings is 1. The molecule has 1 unspecified atom stereocenters. The van der Waals surface area contributed by atoms with E-state index >= 15 is 0 Å². The number of thiophene rings is 1. The van der Waals surface area contributed by atoms with Gasteiger partial charge < -0.3 is 4.74 Å². The van der Waals surface area contributed by atoms with Crippen LogP contribution in [0.25, 0.3) is 10.1 Å². The van der Waals surface area contributed by atoms with Crippen LogP contribution in [0, 0.1) is 10.8 Å². The Hall–Kier alpha value is -0.650. The van der Waals surface area contributed by atoms with Crippen LogP contribution in [0.15, 0.2) is 16.7 Å². The summed E-state index contributed by atoms with van der Waals surface area (Å²) < 4.78 is 6.96. The van der Waals surface area contributed by atoms with Crippen LogP contribution >= 0.6 is 38.9 Å². The van der Waals surface area contributed by atoms with E-state index in [1.54, 1.807) is 25.2 Å². The van der Waals surface area contributed by atoms with Crippen LogP contribution in [0.3, 0.4) is 0 Å². The molecule has 0 N–H and O–H groups in total. The zero-order valence-electron chi connectivity index (χ0n) is 14.9. The molecule has 6 heteroatoms.